The Hall–Kier alpha value is -0.600. The van der Waals surface area contributed by atoms with Gasteiger partial charge in [0.15, 0.2) is 11.9 Å². The molecule has 1 N–H and O–H groups in total. The normalized spacial score (nSPS) is 9.55. The van der Waals surface area contributed by atoms with Crippen LogP contribution in [0, 0.1) is 6.92 Å². The highest BCUT2D eigenvalue weighted by molar-refractivity contribution is 7.17. The molecule has 2 aromatic heterocycles. The number of pyridine rings is 1. The van der Waals surface area contributed by atoms with E-state index in [-0.39, 0.29) is 12.4 Å². The van der Waals surface area contributed by atoms with Crippen molar-refractivity contribution in [3.8, 4) is 0 Å². The number of fused-ring (bicyclic) bond motifs is 1. The first-order valence-corrected chi connectivity index (χ1v) is 4.10. The van der Waals surface area contributed by atoms with Crippen LogP contribution in [-0.4, -0.2) is 0 Å². The van der Waals surface area contributed by atoms with Crippen LogP contribution in [0.15, 0.2) is 23.7 Å². The summed E-state index contributed by atoms with van der Waals surface area (Å²) in [4.78, 5) is 3.17. The summed E-state index contributed by atoms with van der Waals surface area (Å²) < 4.78 is 1.36. The molecule has 1 nitrogen and oxygen atoms in total. The van der Waals surface area contributed by atoms with E-state index in [1.54, 1.807) is 11.3 Å². The van der Waals surface area contributed by atoms with Crippen LogP contribution in [-0.2, 0) is 0 Å². The lowest BCUT2D eigenvalue weighted by Crippen LogP contribution is -3.00. The quantitative estimate of drug-likeness (QED) is 0.502. The zero-order chi connectivity index (χ0) is 6.97. The molecule has 0 atom stereocenters. The number of nitrogens with one attached hydrogen (secondary N) is 1. The molecule has 0 bridgehead atoms. The lowest BCUT2D eigenvalue weighted by atomic mass is 10.3. The molecule has 0 saturated carbocycles. The van der Waals surface area contributed by atoms with Gasteiger partial charge < -0.3 is 12.4 Å². The second-order valence-corrected chi connectivity index (χ2v) is 3.25. The van der Waals surface area contributed by atoms with E-state index >= 15 is 0 Å². The molecule has 0 spiro atoms. The maximum atomic E-state index is 3.17. The second kappa shape index (κ2) is 3.20. The number of aryl methyl sites for hydroxylation is 1. The van der Waals surface area contributed by atoms with Gasteiger partial charge in [0.05, 0.1) is 5.39 Å². The zero-order valence-electron chi connectivity index (χ0n) is 6.10. The zero-order valence-corrected chi connectivity index (χ0v) is 7.67. The number of hydrogen-bond acceptors (Lipinski definition) is 1. The number of rotatable bonds is 0. The van der Waals surface area contributed by atoms with Crippen molar-refractivity contribution in [2.75, 3.05) is 0 Å². The summed E-state index contributed by atoms with van der Waals surface area (Å²) in [6.45, 7) is 2.09. The fraction of sp³-hybridized carbons (Fsp3) is 0.125. The molecule has 0 aliphatic carbocycles. The van der Waals surface area contributed by atoms with Gasteiger partial charge in [-0.05, 0) is 11.4 Å². The molecule has 11 heavy (non-hydrogen) atoms. The maximum Gasteiger partial charge on any atom is 0.185 e. The van der Waals surface area contributed by atoms with Gasteiger partial charge in [0.25, 0.3) is 0 Å². The summed E-state index contributed by atoms with van der Waals surface area (Å²) in [6.07, 6.45) is 1.98. The van der Waals surface area contributed by atoms with Gasteiger partial charge in [0.1, 0.15) is 0 Å². The van der Waals surface area contributed by atoms with E-state index in [1.165, 1.54) is 15.8 Å². The van der Waals surface area contributed by atoms with Crippen molar-refractivity contribution in [1.29, 1.82) is 0 Å². The molecule has 0 radical (unpaired) electrons. The molecule has 58 valence electrons. The smallest absolute Gasteiger partial charge is 0.185 e. The third-order valence-electron chi connectivity index (χ3n) is 1.63. The Kier molecular flexibility index (Phi) is 2.47. The second-order valence-electron chi connectivity index (χ2n) is 2.30. The van der Waals surface area contributed by atoms with Gasteiger partial charge in [0.2, 0.25) is 0 Å². The Labute approximate surface area is 75.5 Å². The number of H-pyrrole nitrogens is 1. The summed E-state index contributed by atoms with van der Waals surface area (Å²) in [7, 11) is 0. The molecule has 0 amide bonds. The summed E-state index contributed by atoms with van der Waals surface area (Å²) in [6, 6.07) is 4.25. The Bertz CT molecular complexity index is 356. The van der Waals surface area contributed by atoms with Crippen molar-refractivity contribution < 1.29 is 17.4 Å². The molecular formula is C8H8ClNS. The van der Waals surface area contributed by atoms with Gasteiger partial charge in [0, 0.05) is 17.7 Å². The van der Waals surface area contributed by atoms with E-state index in [2.05, 4.69) is 29.4 Å². The highest BCUT2D eigenvalue weighted by Gasteiger charge is 2.01. The van der Waals surface area contributed by atoms with Crippen LogP contribution in [0.4, 0.5) is 0 Å². The summed E-state index contributed by atoms with van der Waals surface area (Å²) in [5.74, 6) is 0. The van der Waals surface area contributed by atoms with Gasteiger partial charge in [-0.25, -0.2) is 4.98 Å². The van der Waals surface area contributed by atoms with Crippen LogP contribution in [0.1, 0.15) is 5.69 Å². The minimum Gasteiger partial charge on any atom is -1.00 e. The molecule has 0 aromatic carbocycles. The number of aromatic amines is 1. The Balaban J connectivity index is 0.000000605. The molecule has 0 aliphatic rings. The first-order chi connectivity index (χ1) is 4.88. The SMILES string of the molecule is Cc1[nH+]ccc2sccc12.[Cl-]. The largest absolute Gasteiger partial charge is 1.00 e. The van der Waals surface area contributed by atoms with E-state index in [0.717, 1.165) is 0 Å². The van der Waals surface area contributed by atoms with Gasteiger partial charge in [-0.3, -0.25) is 0 Å². The van der Waals surface area contributed by atoms with Crippen LogP contribution in [0.25, 0.3) is 10.1 Å². The number of thiophene rings is 1. The molecule has 2 heterocycles. The summed E-state index contributed by atoms with van der Waals surface area (Å²) >= 11 is 1.78. The molecule has 0 aliphatic heterocycles. The Morgan fingerprint density at radius 1 is 1.36 bits per heavy atom. The van der Waals surface area contributed by atoms with Crippen molar-refractivity contribution in [2.24, 2.45) is 0 Å². The fourth-order valence-corrected chi connectivity index (χ4v) is 1.93. The summed E-state index contributed by atoms with van der Waals surface area (Å²) in [5.41, 5.74) is 1.25. The third-order valence-corrected chi connectivity index (χ3v) is 2.52. The molecule has 0 fully saturated rings. The van der Waals surface area contributed by atoms with Gasteiger partial charge in [-0.1, -0.05) is 0 Å². The Morgan fingerprint density at radius 3 is 2.91 bits per heavy atom. The van der Waals surface area contributed by atoms with E-state index in [0.29, 0.717) is 0 Å². The highest BCUT2D eigenvalue weighted by atomic mass is 35.5. The number of hydrogen-bond donors (Lipinski definition) is 0. The lowest BCUT2D eigenvalue weighted by Gasteiger charge is -1.84. The monoisotopic (exact) mass is 185 g/mol. The lowest BCUT2D eigenvalue weighted by molar-refractivity contribution is -0.385. The first kappa shape index (κ1) is 8.50. The van der Waals surface area contributed by atoms with Crippen LogP contribution < -0.4 is 17.4 Å². The van der Waals surface area contributed by atoms with E-state index < -0.39 is 0 Å². The average Bonchev–Trinajstić information content (AvgIpc) is 2.36. The van der Waals surface area contributed by atoms with Crippen molar-refractivity contribution in [2.45, 2.75) is 6.92 Å². The van der Waals surface area contributed by atoms with Crippen LogP contribution in [0.2, 0.25) is 0 Å². The molecule has 0 saturated heterocycles. The van der Waals surface area contributed by atoms with Crippen molar-refractivity contribution in [1.82, 2.24) is 0 Å². The third kappa shape index (κ3) is 1.37. The van der Waals surface area contributed by atoms with Crippen molar-refractivity contribution >= 4 is 21.4 Å². The van der Waals surface area contributed by atoms with E-state index in [9.17, 15) is 0 Å². The summed E-state index contributed by atoms with van der Waals surface area (Å²) in [5, 5.41) is 3.46. The predicted molar refractivity (Wildman–Crippen MR) is 43.1 cm³/mol. The molecule has 2 aromatic rings. The Morgan fingerprint density at radius 2 is 2.18 bits per heavy atom. The van der Waals surface area contributed by atoms with Gasteiger partial charge in [-0.2, -0.15) is 0 Å². The molecule has 0 unspecified atom stereocenters. The van der Waals surface area contributed by atoms with Crippen molar-refractivity contribution in [3.05, 3.63) is 29.4 Å². The predicted octanol–water partition coefficient (Wildman–Crippen LogP) is -0.972. The maximum absolute atomic E-state index is 3.17. The number of halogens is 1. The minimum atomic E-state index is 0. The first-order valence-electron chi connectivity index (χ1n) is 3.22. The van der Waals surface area contributed by atoms with Crippen LogP contribution in [0.3, 0.4) is 0 Å². The van der Waals surface area contributed by atoms with E-state index in [1.807, 2.05) is 6.20 Å². The van der Waals surface area contributed by atoms with Gasteiger partial charge >= 0.3 is 0 Å². The molecular weight excluding hydrogens is 178 g/mol. The molecule has 3 heteroatoms. The fourth-order valence-electron chi connectivity index (χ4n) is 1.08. The molecule has 2 rings (SSSR count). The topological polar surface area (TPSA) is 14.1 Å². The highest BCUT2D eigenvalue weighted by Crippen LogP contribution is 2.19. The van der Waals surface area contributed by atoms with Gasteiger partial charge in [-0.15, -0.1) is 11.3 Å². The standard InChI is InChI=1S/C8H7NS.ClH/c1-6-7-3-5-10-8(7)2-4-9-6;/h2-5H,1H3;1H. The average molecular weight is 186 g/mol. The van der Waals surface area contributed by atoms with Crippen LogP contribution in [0.5, 0.6) is 0 Å². The van der Waals surface area contributed by atoms with Crippen molar-refractivity contribution in [3.63, 3.8) is 0 Å². The van der Waals surface area contributed by atoms with E-state index in [4.69, 9.17) is 0 Å². The number of aromatic nitrogens is 1. The minimum absolute atomic E-state index is 0. The van der Waals surface area contributed by atoms with Crippen LogP contribution >= 0.6 is 11.3 Å².